The first kappa shape index (κ1) is 21.7. The van der Waals surface area contributed by atoms with E-state index >= 15 is 0 Å². The molecule has 0 radical (unpaired) electrons. The van der Waals surface area contributed by atoms with Gasteiger partial charge in [0.2, 0.25) is 5.84 Å². The van der Waals surface area contributed by atoms with E-state index in [1.165, 1.54) is 19.3 Å². The van der Waals surface area contributed by atoms with Crippen LogP contribution in [0.5, 0.6) is 0 Å². The van der Waals surface area contributed by atoms with Crippen molar-refractivity contribution in [2.45, 2.75) is 63.5 Å². The maximum Gasteiger partial charge on any atom is 0.240 e. The molecule has 0 saturated heterocycles. The van der Waals surface area contributed by atoms with Crippen LogP contribution in [0.1, 0.15) is 58.3 Å². The van der Waals surface area contributed by atoms with Gasteiger partial charge in [-0.15, -0.1) is 0 Å². The van der Waals surface area contributed by atoms with Crippen molar-refractivity contribution in [3.8, 4) is 0 Å². The fourth-order valence-corrected chi connectivity index (χ4v) is 4.34. The van der Waals surface area contributed by atoms with Crippen LogP contribution in [0.15, 0.2) is 0 Å². The highest BCUT2D eigenvalue weighted by molar-refractivity contribution is 8.00. The largest absolute Gasteiger partial charge is 0.484 e. The average Bonchev–Trinajstić information content (AvgIpc) is 2.56. The van der Waals surface area contributed by atoms with Crippen LogP contribution in [0.25, 0.3) is 5.41 Å². The predicted molar refractivity (Wildman–Crippen MR) is 112 cm³/mol. The molecule has 0 heterocycles. The Kier molecular flexibility index (Phi) is 12.5. The zero-order valence-electron chi connectivity index (χ0n) is 15.5. The van der Waals surface area contributed by atoms with Crippen molar-refractivity contribution < 1.29 is 4.99 Å². The molecule has 0 bridgehead atoms. The summed E-state index contributed by atoms with van der Waals surface area (Å²) in [6.07, 6.45) is 11.1. The summed E-state index contributed by atoms with van der Waals surface area (Å²) in [5, 5.41) is 13.6. The molecule has 0 aromatic carbocycles. The van der Waals surface area contributed by atoms with Gasteiger partial charge in [-0.05, 0) is 56.6 Å². The van der Waals surface area contributed by atoms with E-state index in [4.69, 9.17) is 5.73 Å². The van der Waals surface area contributed by atoms with Gasteiger partial charge >= 0.3 is 0 Å². The van der Waals surface area contributed by atoms with Crippen LogP contribution in [0.4, 0.5) is 0 Å². The van der Waals surface area contributed by atoms with E-state index in [-0.39, 0.29) is 0 Å². The van der Waals surface area contributed by atoms with Gasteiger partial charge in [0.25, 0.3) is 0 Å². The second-order valence-corrected chi connectivity index (χ2v) is 9.03. The molecule has 1 aliphatic carbocycles. The third-order valence-electron chi connectivity index (χ3n) is 4.57. The normalized spacial score (nSPS) is 20.7. The monoisotopic (exact) mass is 372 g/mol. The zero-order chi connectivity index (χ0) is 17.6. The Labute approximate surface area is 157 Å². The minimum Gasteiger partial charge on any atom is -0.484 e. The summed E-state index contributed by atoms with van der Waals surface area (Å²) in [6.45, 7) is 4.19. The third-order valence-corrected chi connectivity index (χ3v) is 6.75. The SMILES string of the molecule is CSCCNC(=[N-])CCCCCCC(N)=[NH+]CCSC1CCC1C. The Morgan fingerprint density at radius 3 is 2.54 bits per heavy atom. The van der Waals surface area contributed by atoms with Crippen LogP contribution in [0.2, 0.25) is 0 Å². The maximum atomic E-state index is 9.68. The van der Waals surface area contributed by atoms with Crippen LogP contribution in [0, 0.1) is 5.92 Å². The highest BCUT2D eigenvalue weighted by Crippen LogP contribution is 2.36. The molecule has 6 heteroatoms. The number of hydrogen-bond donors (Lipinski definition) is 3. The summed E-state index contributed by atoms with van der Waals surface area (Å²) in [4.78, 5) is 3.36. The van der Waals surface area contributed by atoms with E-state index in [0.717, 1.165) is 73.7 Å². The van der Waals surface area contributed by atoms with Gasteiger partial charge in [-0.2, -0.15) is 23.5 Å². The number of thioether (sulfide) groups is 2. The third kappa shape index (κ3) is 10.5. The van der Waals surface area contributed by atoms with Gasteiger partial charge in [0.1, 0.15) is 0 Å². The average molecular weight is 373 g/mol. The van der Waals surface area contributed by atoms with E-state index in [9.17, 15) is 5.41 Å². The van der Waals surface area contributed by atoms with E-state index in [2.05, 4.69) is 35.3 Å². The lowest BCUT2D eigenvalue weighted by Crippen LogP contribution is -2.76. The molecule has 0 aromatic rings. The first-order valence-electron chi connectivity index (χ1n) is 9.37. The quantitative estimate of drug-likeness (QED) is 0.248. The molecular formula is C18H36N4S2. The van der Waals surface area contributed by atoms with Crippen LogP contribution < -0.4 is 16.0 Å². The Morgan fingerprint density at radius 2 is 1.92 bits per heavy atom. The summed E-state index contributed by atoms with van der Waals surface area (Å²) in [7, 11) is 0. The van der Waals surface area contributed by atoms with E-state index in [0.29, 0.717) is 5.84 Å². The molecule has 0 spiro atoms. The maximum absolute atomic E-state index is 9.68. The van der Waals surface area contributed by atoms with Crippen molar-refractivity contribution in [1.82, 2.24) is 5.32 Å². The van der Waals surface area contributed by atoms with Gasteiger partial charge in [0.05, 0.1) is 6.54 Å². The van der Waals surface area contributed by atoms with Gasteiger partial charge in [0.15, 0.2) is 0 Å². The Balaban J connectivity index is 1.88. The van der Waals surface area contributed by atoms with Crippen LogP contribution in [-0.4, -0.2) is 47.8 Å². The molecule has 2 atom stereocenters. The molecule has 24 heavy (non-hydrogen) atoms. The molecule has 2 unspecified atom stereocenters. The first-order chi connectivity index (χ1) is 11.6. The van der Waals surface area contributed by atoms with E-state index in [1.807, 2.05) is 0 Å². The molecule has 1 saturated carbocycles. The highest BCUT2D eigenvalue weighted by atomic mass is 32.2. The Morgan fingerprint density at radius 1 is 1.17 bits per heavy atom. The molecule has 1 fully saturated rings. The smallest absolute Gasteiger partial charge is 0.240 e. The van der Waals surface area contributed by atoms with Crippen molar-refractivity contribution in [1.29, 1.82) is 0 Å². The van der Waals surface area contributed by atoms with Crippen LogP contribution >= 0.6 is 23.5 Å². The summed E-state index contributed by atoms with van der Waals surface area (Å²) in [5.74, 6) is 4.48. The number of nitrogens with zero attached hydrogens (tertiary/aromatic N) is 1. The number of amidine groups is 2. The van der Waals surface area contributed by atoms with E-state index < -0.39 is 0 Å². The first-order valence-corrected chi connectivity index (χ1v) is 11.8. The van der Waals surface area contributed by atoms with Crippen molar-refractivity contribution in [3.63, 3.8) is 0 Å². The molecule has 1 aliphatic rings. The molecular weight excluding hydrogens is 336 g/mol. The van der Waals surface area contributed by atoms with Gasteiger partial charge < -0.3 is 10.7 Å². The lowest BCUT2D eigenvalue weighted by molar-refractivity contribution is -0.453. The van der Waals surface area contributed by atoms with Crippen molar-refractivity contribution in [2.24, 2.45) is 11.7 Å². The summed E-state index contributed by atoms with van der Waals surface area (Å²) < 4.78 is 0. The van der Waals surface area contributed by atoms with Gasteiger partial charge in [0, 0.05) is 17.4 Å². The number of hydrogen-bond acceptors (Lipinski definition) is 2. The Bertz CT molecular complexity index is 374. The summed E-state index contributed by atoms with van der Waals surface area (Å²) >= 11 is 3.88. The lowest BCUT2D eigenvalue weighted by atomic mass is 9.87. The predicted octanol–water partition coefficient (Wildman–Crippen LogP) is 2.22. The van der Waals surface area contributed by atoms with Gasteiger partial charge in [-0.1, -0.05) is 25.6 Å². The lowest BCUT2D eigenvalue weighted by Gasteiger charge is -2.32. The van der Waals surface area contributed by atoms with Crippen LogP contribution in [0.3, 0.4) is 0 Å². The van der Waals surface area contributed by atoms with Crippen LogP contribution in [-0.2, 0) is 0 Å². The molecule has 4 N–H and O–H groups in total. The second-order valence-electron chi connectivity index (χ2n) is 6.70. The fraction of sp³-hybridized carbons (Fsp3) is 0.889. The zero-order valence-corrected chi connectivity index (χ0v) is 17.1. The van der Waals surface area contributed by atoms with Gasteiger partial charge in [-0.3, -0.25) is 10.7 Å². The second kappa shape index (κ2) is 13.9. The number of nitrogens with two attached hydrogens (primary N) is 1. The number of rotatable bonds is 14. The minimum absolute atomic E-state index is 0.440. The van der Waals surface area contributed by atoms with E-state index in [1.54, 1.807) is 11.8 Å². The summed E-state index contributed by atoms with van der Waals surface area (Å²) in [5.41, 5.74) is 6.04. The molecule has 0 aliphatic heterocycles. The molecule has 4 nitrogen and oxygen atoms in total. The van der Waals surface area contributed by atoms with Gasteiger partial charge in [-0.25, -0.2) is 0 Å². The standard InChI is InChI=1S/C18H35N4S2/c1-15-9-10-16(15)24-14-12-22-18(20)8-6-4-3-5-7-17(19)21-11-13-23-2/h15-16H,3-14H2,1-2H3,(H3-,19,20,21,22)/q-1/p+1. The van der Waals surface area contributed by atoms with Crippen molar-refractivity contribution in [2.75, 3.05) is 30.9 Å². The fourth-order valence-electron chi connectivity index (χ4n) is 2.74. The number of nitrogens with one attached hydrogen (secondary N) is 2. The molecule has 1 rings (SSSR count). The minimum atomic E-state index is 0.440. The topological polar surface area (TPSA) is 74.3 Å². The Hall–Kier alpha value is -0.360. The van der Waals surface area contributed by atoms with Crippen molar-refractivity contribution in [3.05, 3.63) is 5.41 Å². The van der Waals surface area contributed by atoms with Crippen molar-refractivity contribution >= 4 is 35.2 Å². The number of unbranched alkanes of at least 4 members (excludes halogenated alkanes) is 3. The molecule has 0 amide bonds. The summed E-state index contributed by atoms with van der Waals surface area (Å²) in [6, 6.07) is 0. The molecule has 0 aromatic heterocycles. The molecule has 140 valence electrons. The highest BCUT2D eigenvalue weighted by Gasteiger charge is 2.26.